The van der Waals surface area contributed by atoms with Crippen LogP contribution in [0.15, 0.2) is 24.3 Å². The van der Waals surface area contributed by atoms with Gasteiger partial charge in [0.25, 0.3) is 5.69 Å². The fraction of sp³-hybridized carbons (Fsp3) is 0.478. The van der Waals surface area contributed by atoms with Crippen molar-refractivity contribution >= 4 is 33.6 Å². The van der Waals surface area contributed by atoms with Gasteiger partial charge in [0.15, 0.2) is 0 Å². The minimum atomic E-state index is -0.390. The largest absolute Gasteiger partial charge is 0.369 e. The number of piperazine rings is 1. The molecule has 8 nitrogen and oxygen atoms in total. The number of carbonyl (C=O) groups excluding carboxylic acids is 1. The fourth-order valence-corrected chi connectivity index (χ4v) is 5.67. The first-order valence-electron chi connectivity index (χ1n) is 11.1. The van der Waals surface area contributed by atoms with E-state index in [1.54, 1.807) is 23.5 Å². The van der Waals surface area contributed by atoms with Crippen LogP contribution < -0.4 is 10.2 Å². The summed E-state index contributed by atoms with van der Waals surface area (Å²) in [6.45, 7) is 3.97. The lowest BCUT2D eigenvalue weighted by Gasteiger charge is -2.36. The van der Waals surface area contributed by atoms with Gasteiger partial charge in [0.05, 0.1) is 10.5 Å². The summed E-state index contributed by atoms with van der Waals surface area (Å²) in [6.07, 6.45) is 5.79. The molecule has 0 atom stereocenters. The number of anilines is 2. The Bertz CT molecular complexity index is 1020. The zero-order chi connectivity index (χ0) is 22.5. The number of aryl methyl sites for hydroxylation is 1. The van der Waals surface area contributed by atoms with Crippen LogP contribution in [-0.4, -0.2) is 48.5 Å². The number of rotatable bonds is 6. The van der Waals surface area contributed by atoms with Crippen molar-refractivity contribution in [3.05, 3.63) is 50.4 Å². The zero-order valence-corrected chi connectivity index (χ0v) is 18.8. The summed E-state index contributed by atoms with van der Waals surface area (Å²) in [6, 6.07) is 8.96. The number of nitro benzene ring substituents is 1. The molecule has 1 N–H and O–H groups in total. The van der Waals surface area contributed by atoms with Crippen molar-refractivity contribution in [3.63, 3.8) is 0 Å². The molecule has 0 spiro atoms. The quantitative estimate of drug-likeness (QED) is 0.404. The SMILES string of the molecule is N#Cc1c(NC(=O)CCN2CCN(c3ccc([N+](=O)[O-])cc3)CC2)sc2c1CCCCC2. The van der Waals surface area contributed by atoms with Crippen molar-refractivity contribution < 1.29 is 9.72 Å². The van der Waals surface area contributed by atoms with Crippen molar-refractivity contribution in [1.82, 2.24) is 4.90 Å². The second-order valence-corrected chi connectivity index (χ2v) is 9.39. The van der Waals surface area contributed by atoms with Crippen LogP contribution in [0.25, 0.3) is 0 Å². The molecule has 0 unspecified atom stereocenters. The van der Waals surface area contributed by atoms with E-state index in [9.17, 15) is 20.2 Å². The molecule has 9 heteroatoms. The number of fused-ring (bicyclic) bond motifs is 1. The highest BCUT2D eigenvalue weighted by Gasteiger charge is 2.22. The summed E-state index contributed by atoms with van der Waals surface area (Å²) in [4.78, 5) is 28.7. The second kappa shape index (κ2) is 10.1. The maximum atomic E-state index is 12.6. The third-order valence-corrected chi connectivity index (χ3v) is 7.45. The number of hydrogen-bond acceptors (Lipinski definition) is 7. The minimum absolute atomic E-state index is 0.0456. The van der Waals surface area contributed by atoms with Crippen LogP contribution in [0.3, 0.4) is 0 Å². The molecule has 1 aliphatic carbocycles. The molecule has 0 saturated carbocycles. The normalized spacial score (nSPS) is 16.7. The highest BCUT2D eigenvalue weighted by Crippen LogP contribution is 2.37. The molecule has 2 aromatic rings. The lowest BCUT2D eigenvalue weighted by atomic mass is 10.1. The van der Waals surface area contributed by atoms with Gasteiger partial charge in [0.1, 0.15) is 11.1 Å². The predicted molar refractivity (Wildman–Crippen MR) is 125 cm³/mol. The molecule has 1 saturated heterocycles. The van der Waals surface area contributed by atoms with Crippen molar-refractivity contribution in [2.24, 2.45) is 0 Å². The van der Waals surface area contributed by atoms with E-state index in [4.69, 9.17) is 0 Å². The molecule has 2 aliphatic rings. The van der Waals surface area contributed by atoms with Gasteiger partial charge in [-0.2, -0.15) is 5.26 Å². The number of nitrogens with zero attached hydrogens (tertiary/aromatic N) is 4. The number of thiophene rings is 1. The van der Waals surface area contributed by atoms with E-state index < -0.39 is 0 Å². The van der Waals surface area contributed by atoms with E-state index >= 15 is 0 Å². The van der Waals surface area contributed by atoms with E-state index in [1.807, 2.05) is 0 Å². The predicted octanol–water partition coefficient (Wildman–Crippen LogP) is 3.95. The number of nitro groups is 1. The van der Waals surface area contributed by atoms with E-state index in [1.165, 1.54) is 23.4 Å². The number of nitriles is 1. The summed E-state index contributed by atoms with van der Waals surface area (Å²) in [7, 11) is 0. The van der Waals surface area contributed by atoms with Gasteiger partial charge in [-0.25, -0.2) is 0 Å². The Morgan fingerprint density at radius 1 is 1.12 bits per heavy atom. The molecule has 168 valence electrons. The highest BCUT2D eigenvalue weighted by molar-refractivity contribution is 7.16. The van der Waals surface area contributed by atoms with Crippen LogP contribution in [0, 0.1) is 21.4 Å². The van der Waals surface area contributed by atoms with Crippen molar-refractivity contribution in [3.8, 4) is 6.07 Å². The third-order valence-electron chi connectivity index (χ3n) is 6.24. The maximum Gasteiger partial charge on any atom is 0.269 e. The standard InChI is InChI=1S/C23H27N5O3S/c24-16-20-19-4-2-1-3-5-21(19)32-23(20)25-22(29)10-11-26-12-14-27(15-13-26)17-6-8-18(9-7-17)28(30)31/h6-9H,1-5,10-15H2,(H,25,29). The Morgan fingerprint density at radius 2 is 1.84 bits per heavy atom. The molecule has 4 rings (SSSR count). The van der Waals surface area contributed by atoms with Crippen LogP contribution in [0.4, 0.5) is 16.4 Å². The first-order chi connectivity index (χ1) is 15.5. The Hall–Kier alpha value is -2.96. The number of amides is 1. The van der Waals surface area contributed by atoms with Gasteiger partial charge in [-0.1, -0.05) is 6.42 Å². The average molecular weight is 454 g/mol. The minimum Gasteiger partial charge on any atom is -0.369 e. The molecule has 1 aliphatic heterocycles. The van der Waals surface area contributed by atoms with Gasteiger partial charge in [0.2, 0.25) is 5.91 Å². The van der Waals surface area contributed by atoms with Crippen LogP contribution in [0.2, 0.25) is 0 Å². The van der Waals surface area contributed by atoms with Crippen LogP contribution in [0.5, 0.6) is 0 Å². The Balaban J connectivity index is 1.26. The topological polar surface area (TPSA) is 103 Å². The van der Waals surface area contributed by atoms with E-state index in [-0.39, 0.29) is 16.5 Å². The Kier molecular flexibility index (Phi) is 7.02. The summed E-state index contributed by atoms with van der Waals surface area (Å²) in [5, 5.41) is 24.1. The third kappa shape index (κ3) is 5.09. The van der Waals surface area contributed by atoms with E-state index in [2.05, 4.69) is 21.2 Å². The van der Waals surface area contributed by atoms with Crippen LogP contribution >= 0.6 is 11.3 Å². The fourth-order valence-electron chi connectivity index (χ4n) is 4.41. The number of non-ortho nitro benzene ring substituents is 1. The Morgan fingerprint density at radius 3 is 2.53 bits per heavy atom. The van der Waals surface area contributed by atoms with E-state index in [0.29, 0.717) is 23.5 Å². The Labute approximate surface area is 191 Å². The molecule has 1 amide bonds. The summed E-state index contributed by atoms with van der Waals surface area (Å²) >= 11 is 1.57. The van der Waals surface area contributed by atoms with Gasteiger partial charge in [-0.15, -0.1) is 11.3 Å². The molecular weight excluding hydrogens is 426 g/mol. The number of hydrogen-bond donors (Lipinski definition) is 1. The molecule has 0 bridgehead atoms. The van der Waals surface area contributed by atoms with Crippen molar-refractivity contribution in [2.45, 2.75) is 38.5 Å². The number of carbonyl (C=O) groups is 1. The summed E-state index contributed by atoms with van der Waals surface area (Å²) in [5.74, 6) is -0.0456. The average Bonchev–Trinajstić information content (AvgIpc) is 2.96. The van der Waals surface area contributed by atoms with Gasteiger partial charge < -0.3 is 10.2 Å². The molecule has 1 aromatic heterocycles. The molecule has 1 fully saturated rings. The maximum absolute atomic E-state index is 12.6. The van der Waals surface area contributed by atoms with Crippen LogP contribution in [0.1, 0.15) is 41.7 Å². The molecular formula is C23H27N5O3S. The van der Waals surface area contributed by atoms with Gasteiger partial charge in [0, 0.05) is 61.8 Å². The molecule has 32 heavy (non-hydrogen) atoms. The van der Waals surface area contributed by atoms with Crippen molar-refractivity contribution in [2.75, 3.05) is 42.9 Å². The second-order valence-electron chi connectivity index (χ2n) is 8.28. The monoisotopic (exact) mass is 453 g/mol. The van der Waals surface area contributed by atoms with E-state index in [0.717, 1.165) is 63.1 Å². The molecule has 0 radical (unpaired) electrons. The van der Waals surface area contributed by atoms with Gasteiger partial charge >= 0.3 is 0 Å². The summed E-state index contributed by atoms with van der Waals surface area (Å²) in [5.41, 5.74) is 2.89. The van der Waals surface area contributed by atoms with Gasteiger partial charge in [-0.3, -0.25) is 19.8 Å². The van der Waals surface area contributed by atoms with Gasteiger partial charge in [-0.05, 0) is 43.4 Å². The number of nitrogens with one attached hydrogen (secondary N) is 1. The smallest absolute Gasteiger partial charge is 0.269 e. The van der Waals surface area contributed by atoms with Crippen LogP contribution in [-0.2, 0) is 17.6 Å². The van der Waals surface area contributed by atoms with Crippen molar-refractivity contribution in [1.29, 1.82) is 5.26 Å². The molecule has 2 heterocycles. The first-order valence-corrected chi connectivity index (χ1v) is 11.9. The highest BCUT2D eigenvalue weighted by atomic mass is 32.1. The first kappa shape index (κ1) is 22.2. The number of benzene rings is 1. The lowest BCUT2D eigenvalue weighted by molar-refractivity contribution is -0.384. The molecule has 1 aromatic carbocycles. The summed E-state index contributed by atoms with van der Waals surface area (Å²) < 4.78 is 0. The lowest BCUT2D eigenvalue weighted by Crippen LogP contribution is -2.47. The zero-order valence-electron chi connectivity index (χ0n) is 18.0.